The summed E-state index contributed by atoms with van der Waals surface area (Å²) in [4.78, 5) is 6.95. The molecule has 0 atom stereocenters. The van der Waals surface area contributed by atoms with Crippen LogP contribution in [0, 0.1) is 6.92 Å². The fraction of sp³-hybridized carbons (Fsp3) is 0.667. The Morgan fingerprint density at radius 2 is 1.83 bits per heavy atom. The second-order valence-corrected chi connectivity index (χ2v) is 5.37. The third-order valence-electron chi connectivity index (χ3n) is 3.11. The Labute approximate surface area is 112 Å². The lowest BCUT2D eigenvalue weighted by molar-refractivity contribution is 0.174. The van der Waals surface area contributed by atoms with Crippen LogP contribution in [0.25, 0.3) is 0 Å². The van der Waals surface area contributed by atoms with Crippen molar-refractivity contribution in [1.82, 2.24) is 9.88 Å². The molecule has 18 heavy (non-hydrogen) atoms. The first kappa shape index (κ1) is 15.0. The van der Waals surface area contributed by atoms with Gasteiger partial charge in [0.05, 0.1) is 0 Å². The minimum atomic E-state index is 0.613. The highest BCUT2D eigenvalue weighted by atomic mass is 15.2. The molecule has 0 saturated carbocycles. The van der Waals surface area contributed by atoms with Crippen LogP contribution in [0.3, 0.4) is 0 Å². The zero-order valence-corrected chi connectivity index (χ0v) is 12.4. The van der Waals surface area contributed by atoms with Gasteiger partial charge in [0.1, 0.15) is 5.82 Å². The molecule has 0 spiro atoms. The van der Waals surface area contributed by atoms with Crippen molar-refractivity contribution in [3.63, 3.8) is 0 Å². The maximum Gasteiger partial charge on any atom is 0.126 e. The van der Waals surface area contributed by atoms with Gasteiger partial charge in [0.2, 0.25) is 0 Å². The van der Waals surface area contributed by atoms with Crippen LogP contribution in [0.15, 0.2) is 18.2 Å². The van der Waals surface area contributed by atoms with Gasteiger partial charge < -0.3 is 5.32 Å². The summed E-state index contributed by atoms with van der Waals surface area (Å²) in [5, 5.41) is 3.38. The molecule has 3 nitrogen and oxygen atoms in total. The summed E-state index contributed by atoms with van der Waals surface area (Å²) in [6, 6.07) is 7.31. The number of nitrogens with one attached hydrogen (secondary N) is 1. The molecule has 102 valence electrons. The van der Waals surface area contributed by atoms with E-state index in [2.05, 4.69) is 42.9 Å². The maximum absolute atomic E-state index is 4.44. The van der Waals surface area contributed by atoms with Crippen molar-refractivity contribution in [3.05, 3.63) is 23.9 Å². The number of aryl methyl sites for hydroxylation is 1. The van der Waals surface area contributed by atoms with Crippen LogP contribution in [0.4, 0.5) is 5.82 Å². The van der Waals surface area contributed by atoms with Crippen LogP contribution in [-0.4, -0.2) is 35.1 Å². The fourth-order valence-electron chi connectivity index (χ4n) is 2.23. The summed E-state index contributed by atoms with van der Waals surface area (Å²) in [5.74, 6) is 0.982. The number of rotatable bonds is 7. The molecule has 0 radical (unpaired) electrons. The van der Waals surface area contributed by atoms with E-state index in [-0.39, 0.29) is 0 Å². The molecule has 1 aromatic rings. The molecule has 0 aromatic carbocycles. The molecule has 1 rings (SSSR count). The van der Waals surface area contributed by atoms with Crippen LogP contribution < -0.4 is 5.32 Å². The summed E-state index contributed by atoms with van der Waals surface area (Å²) in [5.41, 5.74) is 1.06. The highest BCUT2D eigenvalue weighted by Gasteiger charge is 2.11. The van der Waals surface area contributed by atoms with E-state index in [4.69, 9.17) is 0 Å². The van der Waals surface area contributed by atoms with Crippen molar-refractivity contribution in [1.29, 1.82) is 0 Å². The summed E-state index contributed by atoms with van der Waals surface area (Å²) >= 11 is 0. The number of hydrogen-bond donors (Lipinski definition) is 1. The molecule has 1 N–H and O–H groups in total. The van der Waals surface area contributed by atoms with Gasteiger partial charge in [0, 0.05) is 30.9 Å². The molecule has 1 heterocycles. The SMILES string of the molecule is Cc1cccc(NCCCN(C(C)C)C(C)C)n1. The smallest absolute Gasteiger partial charge is 0.126 e. The lowest BCUT2D eigenvalue weighted by Crippen LogP contribution is -2.38. The molecule has 0 amide bonds. The molecule has 3 heteroatoms. The summed E-state index contributed by atoms with van der Waals surface area (Å²) in [6.45, 7) is 13.2. The molecule has 0 aliphatic rings. The normalized spacial score (nSPS) is 11.6. The summed E-state index contributed by atoms with van der Waals surface area (Å²) < 4.78 is 0. The van der Waals surface area contributed by atoms with E-state index in [1.165, 1.54) is 0 Å². The van der Waals surface area contributed by atoms with E-state index in [9.17, 15) is 0 Å². The van der Waals surface area contributed by atoms with Crippen LogP contribution in [0.1, 0.15) is 39.8 Å². The molecular formula is C15H27N3. The van der Waals surface area contributed by atoms with Gasteiger partial charge in [-0.25, -0.2) is 4.98 Å². The minimum absolute atomic E-state index is 0.613. The number of hydrogen-bond acceptors (Lipinski definition) is 3. The van der Waals surface area contributed by atoms with Crippen molar-refractivity contribution in [2.75, 3.05) is 18.4 Å². The average Bonchev–Trinajstić information content (AvgIpc) is 2.27. The lowest BCUT2D eigenvalue weighted by atomic mass is 10.2. The number of pyridine rings is 1. The quantitative estimate of drug-likeness (QED) is 0.751. The molecule has 0 saturated heterocycles. The van der Waals surface area contributed by atoms with Gasteiger partial charge in [0.15, 0.2) is 0 Å². The third kappa shape index (κ3) is 5.05. The van der Waals surface area contributed by atoms with Crippen LogP contribution >= 0.6 is 0 Å². The van der Waals surface area contributed by atoms with Crippen LogP contribution in [0.2, 0.25) is 0 Å². The van der Waals surface area contributed by atoms with E-state index in [1.807, 2.05) is 25.1 Å². The van der Waals surface area contributed by atoms with Crippen LogP contribution in [0.5, 0.6) is 0 Å². The second kappa shape index (κ2) is 7.37. The van der Waals surface area contributed by atoms with Gasteiger partial charge >= 0.3 is 0 Å². The number of nitrogens with zero attached hydrogens (tertiary/aromatic N) is 2. The predicted molar refractivity (Wildman–Crippen MR) is 79.1 cm³/mol. The average molecular weight is 249 g/mol. The Morgan fingerprint density at radius 1 is 1.17 bits per heavy atom. The monoisotopic (exact) mass is 249 g/mol. The van der Waals surface area contributed by atoms with Crippen molar-refractivity contribution >= 4 is 5.82 Å². The van der Waals surface area contributed by atoms with Gasteiger partial charge in [0.25, 0.3) is 0 Å². The topological polar surface area (TPSA) is 28.2 Å². The first-order valence-electron chi connectivity index (χ1n) is 6.94. The summed E-state index contributed by atoms with van der Waals surface area (Å²) in [6.07, 6.45) is 1.14. The molecule has 1 aromatic heterocycles. The number of aromatic nitrogens is 1. The van der Waals surface area contributed by atoms with Crippen molar-refractivity contribution in [2.24, 2.45) is 0 Å². The largest absolute Gasteiger partial charge is 0.370 e. The predicted octanol–water partition coefficient (Wildman–Crippen LogP) is 3.31. The molecule has 0 fully saturated rings. The molecule has 0 aliphatic heterocycles. The zero-order chi connectivity index (χ0) is 13.5. The van der Waals surface area contributed by atoms with Crippen molar-refractivity contribution in [3.8, 4) is 0 Å². The Kier molecular flexibility index (Phi) is 6.13. The van der Waals surface area contributed by atoms with Crippen LogP contribution in [-0.2, 0) is 0 Å². The lowest BCUT2D eigenvalue weighted by Gasteiger charge is -2.30. The third-order valence-corrected chi connectivity index (χ3v) is 3.11. The van der Waals surface area contributed by atoms with Crippen molar-refractivity contribution in [2.45, 2.75) is 53.1 Å². The highest BCUT2D eigenvalue weighted by Crippen LogP contribution is 2.07. The Bertz CT molecular complexity index is 339. The Balaban J connectivity index is 2.30. The van der Waals surface area contributed by atoms with Crippen molar-refractivity contribution < 1.29 is 0 Å². The van der Waals surface area contributed by atoms with Gasteiger partial charge in [-0.2, -0.15) is 0 Å². The fourth-order valence-corrected chi connectivity index (χ4v) is 2.23. The Morgan fingerprint density at radius 3 is 2.39 bits per heavy atom. The van der Waals surface area contributed by atoms with E-state index >= 15 is 0 Å². The van der Waals surface area contributed by atoms with Gasteiger partial charge in [-0.15, -0.1) is 0 Å². The molecule has 0 unspecified atom stereocenters. The first-order chi connectivity index (χ1) is 8.50. The van der Waals surface area contributed by atoms with E-state index in [0.717, 1.165) is 31.0 Å². The number of anilines is 1. The molecule has 0 bridgehead atoms. The van der Waals surface area contributed by atoms with E-state index in [1.54, 1.807) is 0 Å². The highest BCUT2D eigenvalue weighted by molar-refractivity contribution is 5.34. The van der Waals surface area contributed by atoms with E-state index < -0.39 is 0 Å². The van der Waals surface area contributed by atoms with Gasteiger partial charge in [-0.3, -0.25) is 4.90 Å². The van der Waals surface area contributed by atoms with E-state index in [0.29, 0.717) is 12.1 Å². The maximum atomic E-state index is 4.44. The zero-order valence-electron chi connectivity index (χ0n) is 12.4. The van der Waals surface area contributed by atoms with Gasteiger partial charge in [-0.05, 0) is 53.2 Å². The Hall–Kier alpha value is -1.09. The molecule has 0 aliphatic carbocycles. The van der Waals surface area contributed by atoms with Gasteiger partial charge in [-0.1, -0.05) is 6.07 Å². The first-order valence-corrected chi connectivity index (χ1v) is 6.94. The minimum Gasteiger partial charge on any atom is -0.370 e. The summed E-state index contributed by atoms with van der Waals surface area (Å²) in [7, 11) is 0. The molecular weight excluding hydrogens is 222 g/mol. The second-order valence-electron chi connectivity index (χ2n) is 5.37. The standard InChI is InChI=1S/C15H27N3/c1-12(2)18(13(3)4)11-7-10-16-15-9-6-8-14(5)17-15/h6,8-9,12-13H,7,10-11H2,1-5H3,(H,16,17).